The zero-order chi connectivity index (χ0) is 11.5. The predicted octanol–water partition coefficient (Wildman–Crippen LogP) is 0.946. The van der Waals surface area contributed by atoms with E-state index in [2.05, 4.69) is 5.32 Å². The van der Waals surface area contributed by atoms with E-state index in [0.717, 1.165) is 38.6 Å². The number of hydrogen-bond acceptors (Lipinski definition) is 3. The van der Waals surface area contributed by atoms with Gasteiger partial charge in [0.1, 0.15) is 0 Å². The van der Waals surface area contributed by atoms with Gasteiger partial charge in [-0.25, -0.2) is 0 Å². The van der Waals surface area contributed by atoms with E-state index in [-0.39, 0.29) is 5.60 Å². The fourth-order valence-corrected chi connectivity index (χ4v) is 3.17. The molecule has 0 aromatic heterocycles. The summed E-state index contributed by atoms with van der Waals surface area (Å²) < 4.78 is 5.92. The number of aliphatic hydroxyl groups is 1. The number of rotatable bonds is 4. The molecule has 1 aliphatic heterocycles. The highest BCUT2D eigenvalue weighted by Gasteiger charge is 2.45. The van der Waals surface area contributed by atoms with E-state index in [1.165, 1.54) is 12.8 Å². The summed E-state index contributed by atoms with van der Waals surface area (Å²) in [5.41, 5.74) is -0.541. The van der Waals surface area contributed by atoms with Crippen LogP contribution < -0.4 is 5.32 Å². The van der Waals surface area contributed by atoms with Crippen LogP contribution in [0.25, 0.3) is 0 Å². The Balaban J connectivity index is 1.89. The fraction of sp³-hybridized carbons (Fsp3) is 1.00. The molecule has 1 aliphatic carbocycles. The quantitative estimate of drug-likeness (QED) is 0.550. The lowest BCUT2D eigenvalue weighted by atomic mass is 9.79. The van der Waals surface area contributed by atoms with Gasteiger partial charge in [0.15, 0.2) is 0 Å². The lowest BCUT2D eigenvalue weighted by molar-refractivity contribution is -0.159. The Hall–Kier alpha value is -0.0551. The largest absolute Gasteiger partial charge is 0.390 e. The van der Waals surface area contributed by atoms with Gasteiger partial charge in [0.2, 0.25) is 0 Å². The Morgan fingerprint density at radius 1 is 1.25 bits per heavy atom. The number of hydrogen-bond donors (Lipinski definition) is 2. The van der Waals surface area contributed by atoms with Crippen molar-refractivity contribution in [1.29, 1.82) is 0 Å². The van der Waals surface area contributed by atoms with Crippen LogP contribution in [0.15, 0.2) is 0 Å². The highest BCUT2D eigenvalue weighted by Crippen LogP contribution is 2.44. The molecule has 1 saturated carbocycles. The summed E-state index contributed by atoms with van der Waals surface area (Å²) in [6.07, 6.45) is 7.59. The van der Waals surface area contributed by atoms with E-state index >= 15 is 0 Å². The topological polar surface area (TPSA) is 41.5 Å². The second-order valence-electron chi connectivity index (χ2n) is 5.34. The summed E-state index contributed by atoms with van der Waals surface area (Å²) in [4.78, 5) is 0. The van der Waals surface area contributed by atoms with Gasteiger partial charge in [-0.2, -0.15) is 0 Å². The molecule has 16 heavy (non-hydrogen) atoms. The molecule has 3 nitrogen and oxygen atoms in total. The smallest absolute Gasteiger partial charge is 0.0859 e. The van der Waals surface area contributed by atoms with Crippen molar-refractivity contribution in [3.05, 3.63) is 0 Å². The summed E-state index contributed by atoms with van der Waals surface area (Å²) in [6.45, 7) is 1.50. The van der Waals surface area contributed by atoms with Crippen LogP contribution in [-0.2, 0) is 4.74 Å². The van der Waals surface area contributed by atoms with Crippen molar-refractivity contribution in [2.24, 2.45) is 0 Å². The Morgan fingerprint density at radius 3 is 2.69 bits per heavy atom. The van der Waals surface area contributed by atoms with E-state index in [0.29, 0.717) is 13.1 Å². The number of ether oxygens (including phenoxy) is 1. The second-order valence-corrected chi connectivity index (χ2v) is 5.34. The van der Waals surface area contributed by atoms with Gasteiger partial charge >= 0.3 is 0 Å². The number of nitrogens with one attached hydrogen (secondary N) is 1. The Labute approximate surface area is 99.4 Å². The molecule has 2 radical (unpaired) electrons. The van der Waals surface area contributed by atoms with Crippen molar-refractivity contribution in [3.8, 4) is 0 Å². The first-order chi connectivity index (χ1) is 7.68. The van der Waals surface area contributed by atoms with Crippen molar-refractivity contribution in [1.82, 2.24) is 5.32 Å². The normalized spacial score (nSPS) is 33.3. The van der Waals surface area contributed by atoms with Crippen molar-refractivity contribution in [2.75, 3.05) is 19.6 Å². The molecule has 2 N–H and O–H groups in total. The van der Waals surface area contributed by atoms with Gasteiger partial charge < -0.3 is 15.2 Å². The molecule has 0 unspecified atom stereocenters. The molecule has 0 aromatic rings. The maximum absolute atomic E-state index is 10.6. The SMILES string of the molecule is [B]CNCC[C@]1(O)CCOC2(CCCC2)C1. The zero-order valence-corrected chi connectivity index (χ0v) is 10.0. The molecule has 2 rings (SSSR count). The lowest BCUT2D eigenvalue weighted by Crippen LogP contribution is -2.48. The summed E-state index contributed by atoms with van der Waals surface area (Å²) >= 11 is 0. The summed E-state index contributed by atoms with van der Waals surface area (Å²) in [5.74, 6) is 0. The second kappa shape index (κ2) is 5.07. The molecular weight excluding hydrogens is 201 g/mol. The van der Waals surface area contributed by atoms with Gasteiger partial charge in [-0.05, 0) is 38.7 Å². The van der Waals surface area contributed by atoms with E-state index in [9.17, 15) is 5.11 Å². The molecular formula is C12H22BNO2. The zero-order valence-electron chi connectivity index (χ0n) is 10.0. The molecule has 2 aliphatic rings. The van der Waals surface area contributed by atoms with Gasteiger partial charge in [-0.15, -0.1) is 0 Å². The van der Waals surface area contributed by atoms with Gasteiger partial charge in [-0.1, -0.05) is 12.8 Å². The average Bonchev–Trinajstić information content (AvgIpc) is 2.66. The lowest BCUT2D eigenvalue weighted by Gasteiger charge is -2.43. The first-order valence-corrected chi connectivity index (χ1v) is 6.45. The molecule has 1 heterocycles. The van der Waals surface area contributed by atoms with Crippen LogP contribution >= 0.6 is 0 Å². The van der Waals surface area contributed by atoms with Crippen LogP contribution in [0.4, 0.5) is 0 Å². The van der Waals surface area contributed by atoms with Crippen LogP contribution in [0.2, 0.25) is 0 Å². The molecule has 1 saturated heterocycles. The van der Waals surface area contributed by atoms with Crippen molar-refractivity contribution in [3.63, 3.8) is 0 Å². The third-order valence-electron chi connectivity index (χ3n) is 4.05. The summed E-state index contributed by atoms with van der Waals surface area (Å²) in [5, 5.41) is 13.6. The van der Waals surface area contributed by atoms with E-state index in [1.54, 1.807) is 0 Å². The van der Waals surface area contributed by atoms with Crippen LogP contribution in [0.1, 0.15) is 44.9 Å². The van der Waals surface area contributed by atoms with E-state index in [4.69, 9.17) is 12.6 Å². The van der Waals surface area contributed by atoms with E-state index < -0.39 is 5.60 Å². The van der Waals surface area contributed by atoms with Gasteiger partial charge in [-0.3, -0.25) is 0 Å². The summed E-state index contributed by atoms with van der Waals surface area (Å²) in [6, 6.07) is 0. The average molecular weight is 223 g/mol. The maximum Gasteiger partial charge on any atom is 0.0859 e. The van der Waals surface area contributed by atoms with Crippen LogP contribution in [0.5, 0.6) is 0 Å². The third kappa shape index (κ3) is 2.79. The maximum atomic E-state index is 10.6. The minimum absolute atomic E-state index is 0.00425. The Kier molecular flexibility index (Phi) is 3.93. The van der Waals surface area contributed by atoms with Gasteiger partial charge in [0.05, 0.1) is 25.7 Å². The molecule has 1 atom stereocenters. The van der Waals surface area contributed by atoms with Crippen molar-refractivity contribution < 1.29 is 9.84 Å². The molecule has 0 aromatic carbocycles. The van der Waals surface area contributed by atoms with Crippen LogP contribution in [-0.4, -0.2) is 43.8 Å². The van der Waals surface area contributed by atoms with Gasteiger partial charge in [0.25, 0.3) is 0 Å². The monoisotopic (exact) mass is 223 g/mol. The molecule has 0 bridgehead atoms. The molecule has 4 heteroatoms. The fourth-order valence-electron chi connectivity index (χ4n) is 3.17. The minimum atomic E-state index is -0.537. The first-order valence-electron chi connectivity index (χ1n) is 6.45. The minimum Gasteiger partial charge on any atom is -0.390 e. The van der Waals surface area contributed by atoms with Crippen LogP contribution in [0.3, 0.4) is 0 Å². The predicted molar refractivity (Wildman–Crippen MR) is 64.6 cm³/mol. The summed E-state index contributed by atoms with van der Waals surface area (Å²) in [7, 11) is 5.39. The molecule has 0 amide bonds. The molecule has 90 valence electrons. The van der Waals surface area contributed by atoms with Crippen molar-refractivity contribution >= 4 is 7.85 Å². The highest BCUT2D eigenvalue weighted by atomic mass is 16.5. The third-order valence-corrected chi connectivity index (χ3v) is 4.05. The highest BCUT2D eigenvalue weighted by molar-refractivity contribution is 6.08. The van der Waals surface area contributed by atoms with E-state index in [1.807, 2.05) is 0 Å². The van der Waals surface area contributed by atoms with Crippen LogP contribution in [0, 0.1) is 0 Å². The standard InChI is InChI=1S/C12H22BNO2/c13-10-14-7-5-11(15)6-8-16-12(9-11)3-1-2-4-12/h14-15H,1-10H2/t11-/m0/s1. The Morgan fingerprint density at radius 2 is 2.00 bits per heavy atom. The molecule has 1 spiro atoms. The first kappa shape index (κ1) is 12.4. The molecule has 2 fully saturated rings. The van der Waals surface area contributed by atoms with Gasteiger partial charge in [0, 0.05) is 6.42 Å². The van der Waals surface area contributed by atoms with Crippen molar-refractivity contribution in [2.45, 2.75) is 56.1 Å². The Bertz CT molecular complexity index is 231.